The zero-order chi connectivity index (χ0) is 10.2. The van der Waals surface area contributed by atoms with Crippen LogP contribution < -0.4 is 5.73 Å². The van der Waals surface area contributed by atoms with E-state index in [0.717, 1.165) is 32.5 Å². The van der Waals surface area contributed by atoms with Crippen LogP contribution in [0.25, 0.3) is 0 Å². The van der Waals surface area contributed by atoms with Crippen LogP contribution >= 0.6 is 0 Å². The van der Waals surface area contributed by atoms with Crippen molar-refractivity contribution in [3.8, 4) is 0 Å². The highest BCUT2D eigenvalue weighted by atomic mass is 16.5. The quantitative estimate of drug-likeness (QED) is 0.566. The molecule has 0 rings (SSSR count). The second-order valence-corrected chi connectivity index (χ2v) is 3.88. The molecule has 3 heteroatoms. The van der Waals surface area contributed by atoms with Gasteiger partial charge in [-0.15, -0.1) is 0 Å². The maximum absolute atomic E-state index is 8.87. The molecule has 0 aliphatic carbocycles. The molecule has 1 unspecified atom stereocenters. The molecule has 0 fully saturated rings. The van der Waals surface area contributed by atoms with E-state index >= 15 is 0 Å². The van der Waals surface area contributed by atoms with Crippen molar-refractivity contribution in [3.05, 3.63) is 0 Å². The average molecular weight is 189 g/mol. The van der Waals surface area contributed by atoms with Crippen molar-refractivity contribution in [1.82, 2.24) is 0 Å². The molecular weight excluding hydrogens is 166 g/mol. The lowest BCUT2D eigenvalue weighted by Crippen LogP contribution is -2.40. The highest BCUT2D eigenvalue weighted by molar-refractivity contribution is 4.76. The minimum Gasteiger partial charge on any atom is -0.394 e. The van der Waals surface area contributed by atoms with Crippen molar-refractivity contribution in [3.63, 3.8) is 0 Å². The van der Waals surface area contributed by atoms with Crippen molar-refractivity contribution in [2.45, 2.75) is 45.1 Å². The number of aliphatic hydroxyl groups is 1. The van der Waals surface area contributed by atoms with Crippen molar-refractivity contribution in [1.29, 1.82) is 0 Å². The fourth-order valence-corrected chi connectivity index (χ4v) is 1.01. The van der Waals surface area contributed by atoms with Gasteiger partial charge in [-0.2, -0.15) is 0 Å². The van der Waals surface area contributed by atoms with E-state index in [2.05, 4.69) is 6.92 Å². The first kappa shape index (κ1) is 12.9. The minimum atomic E-state index is -0.436. The first-order chi connectivity index (χ1) is 6.12. The third kappa shape index (κ3) is 8.22. The summed E-state index contributed by atoms with van der Waals surface area (Å²) in [6.45, 7) is 5.65. The fourth-order valence-electron chi connectivity index (χ4n) is 1.01. The zero-order valence-corrected chi connectivity index (χ0v) is 8.88. The van der Waals surface area contributed by atoms with Crippen LogP contribution in [0.15, 0.2) is 0 Å². The minimum absolute atomic E-state index is 0.0436. The second kappa shape index (κ2) is 7.30. The Morgan fingerprint density at radius 1 is 1.31 bits per heavy atom. The van der Waals surface area contributed by atoms with Gasteiger partial charge in [-0.3, -0.25) is 0 Å². The lowest BCUT2D eigenvalue weighted by atomic mass is 9.99. The molecule has 13 heavy (non-hydrogen) atoms. The lowest BCUT2D eigenvalue weighted by Gasteiger charge is -2.21. The van der Waals surface area contributed by atoms with Gasteiger partial charge in [0.05, 0.1) is 6.61 Å². The molecule has 0 bridgehead atoms. The Hall–Kier alpha value is -0.120. The van der Waals surface area contributed by atoms with Gasteiger partial charge in [0.15, 0.2) is 0 Å². The summed E-state index contributed by atoms with van der Waals surface area (Å²) in [5, 5.41) is 8.87. The Labute approximate surface area is 81.3 Å². The number of ether oxygens (including phenoxy) is 1. The van der Waals surface area contributed by atoms with E-state index in [1.807, 2.05) is 6.92 Å². The number of hydrogen-bond acceptors (Lipinski definition) is 3. The predicted molar refractivity (Wildman–Crippen MR) is 54.6 cm³/mol. The molecule has 3 nitrogen and oxygen atoms in total. The van der Waals surface area contributed by atoms with Crippen molar-refractivity contribution >= 4 is 0 Å². The van der Waals surface area contributed by atoms with Gasteiger partial charge in [0.1, 0.15) is 0 Å². The van der Waals surface area contributed by atoms with Crippen molar-refractivity contribution in [2.24, 2.45) is 5.73 Å². The maximum Gasteiger partial charge on any atom is 0.0608 e. The Morgan fingerprint density at radius 3 is 2.46 bits per heavy atom. The molecule has 80 valence electrons. The van der Waals surface area contributed by atoms with E-state index in [4.69, 9.17) is 15.6 Å². The summed E-state index contributed by atoms with van der Waals surface area (Å²) >= 11 is 0. The van der Waals surface area contributed by atoms with Gasteiger partial charge in [-0.25, -0.2) is 0 Å². The molecule has 0 aromatic heterocycles. The molecule has 0 aliphatic rings. The fraction of sp³-hybridized carbons (Fsp3) is 1.00. The normalized spacial score (nSPS) is 15.7. The van der Waals surface area contributed by atoms with Crippen LogP contribution in [0.1, 0.15) is 39.5 Å². The molecule has 0 amide bonds. The second-order valence-electron chi connectivity index (χ2n) is 3.88. The number of hydrogen-bond donors (Lipinski definition) is 2. The molecule has 0 spiro atoms. The van der Waals surface area contributed by atoms with Gasteiger partial charge >= 0.3 is 0 Å². The number of rotatable bonds is 8. The third-order valence-corrected chi connectivity index (χ3v) is 2.04. The summed E-state index contributed by atoms with van der Waals surface area (Å²) < 4.78 is 5.38. The van der Waals surface area contributed by atoms with Crippen LogP contribution in [0.2, 0.25) is 0 Å². The molecule has 3 N–H and O–H groups in total. The largest absolute Gasteiger partial charge is 0.394 e. The zero-order valence-electron chi connectivity index (χ0n) is 8.88. The van der Waals surface area contributed by atoms with Gasteiger partial charge in [0.2, 0.25) is 0 Å². The van der Waals surface area contributed by atoms with E-state index in [1.54, 1.807) is 0 Å². The topological polar surface area (TPSA) is 55.5 Å². The Bertz CT molecular complexity index is 115. The summed E-state index contributed by atoms with van der Waals surface area (Å²) in [6, 6.07) is 0. The van der Waals surface area contributed by atoms with Gasteiger partial charge in [0.25, 0.3) is 0 Å². The first-order valence-electron chi connectivity index (χ1n) is 5.10. The Morgan fingerprint density at radius 2 is 1.92 bits per heavy atom. The SMILES string of the molecule is CCCCOCCCC(C)(N)CO. The highest BCUT2D eigenvalue weighted by Crippen LogP contribution is 2.07. The molecule has 0 saturated carbocycles. The van der Waals surface area contributed by atoms with E-state index in [9.17, 15) is 0 Å². The van der Waals surface area contributed by atoms with Crippen LogP contribution in [0, 0.1) is 0 Å². The van der Waals surface area contributed by atoms with E-state index < -0.39 is 5.54 Å². The number of unbranched alkanes of at least 4 members (excludes halogenated alkanes) is 1. The molecule has 0 aromatic rings. The predicted octanol–water partition coefficient (Wildman–Crippen LogP) is 1.29. The van der Waals surface area contributed by atoms with E-state index in [-0.39, 0.29) is 6.61 Å². The summed E-state index contributed by atoms with van der Waals surface area (Å²) in [4.78, 5) is 0. The van der Waals surface area contributed by atoms with Gasteiger partial charge in [-0.1, -0.05) is 13.3 Å². The van der Waals surface area contributed by atoms with Crippen LogP contribution in [0.4, 0.5) is 0 Å². The van der Waals surface area contributed by atoms with Gasteiger partial charge in [0, 0.05) is 18.8 Å². The Kier molecular flexibility index (Phi) is 7.23. The standard InChI is InChI=1S/C10H23NO2/c1-3-4-7-13-8-5-6-10(2,11)9-12/h12H,3-9,11H2,1-2H3. The first-order valence-corrected chi connectivity index (χ1v) is 5.10. The van der Waals surface area contributed by atoms with E-state index in [1.165, 1.54) is 6.42 Å². The number of nitrogens with two attached hydrogens (primary N) is 1. The van der Waals surface area contributed by atoms with Crippen LogP contribution in [-0.4, -0.2) is 30.5 Å². The average Bonchev–Trinajstić information content (AvgIpc) is 2.11. The smallest absolute Gasteiger partial charge is 0.0608 e. The van der Waals surface area contributed by atoms with Gasteiger partial charge < -0.3 is 15.6 Å². The third-order valence-electron chi connectivity index (χ3n) is 2.04. The molecule has 0 heterocycles. The van der Waals surface area contributed by atoms with Crippen LogP contribution in [0.5, 0.6) is 0 Å². The molecule has 0 aliphatic heterocycles. The summed E-state index contributed by atoms with van der Waals surface area (Å²) in [6.07, 6.45) is 4.04. The molecular formula is C10H23NO2. The maximum atomic E-state index is 8.87. The van der Waals surface area contributed by atoms with Crippen molar-refractivity contribution in [2.75, 3.05) is 19.8 Å². The van der Waals surface area contributed by atoms with Crippen LogP contribution in [0.3, 0.4) is 0 Å². The van der Waals surface area contributed by atoms with E-state index in [0.29, 0.717) is 0 Å². The summed E-state index contributed by atoms with van der Waals surface area (Å²) in [5.74, 6) is 0. The monoisotopic (exact) mass is 189 g/mol. The highest BCUT2D eigenvalue weighted by Gasteiger charge is 2.15. The molecule has 0 saturated heterocycles. The number of aliphatic hydroxyl groups excluding tert-OH is 1. The van der Waals surface area contributed by atoms with Crippen LogP contribution in [-0.2, 0) is 4.74 Å². The van der Waals surface area contributed by atoms with Crippen molar-refractivity contribution < 1.29 is 9.84 Å². The summed E-state index contributed by atoms with van der Waals surface area (Å²) in [5.41, 5.74) is 5.31. The Balaban J connectivity index is 3.16. The molecule has 0 aromatic carbocycles. The molecule has 1 atom stereocenters. The molecule has 0 radical (unpaired) electrons. The lowest BCUT2D eigenvalue weighted by molar-refractivity contribution is 0.116. The summed E-state index contributed by atoms with van der Waals surface area (Å²) in [7, 11) is 0. The van der Waals surface area contributed by atoms with Gasteiger partial charge in [-0.05, 0) is 26.2 Å².